The van der Waals surface area contributed by atoms with Crippen LogP contribution in [0.1, 0.15) is 5.56 Å². The van der Waals surface area contributed by atoms with Gasteiger partial charge in [-0.3, -0.25) is 5.32 Å². The van der Waals surface area contributed by atoms with Gasteiger partial charge in [0.2, 0.25) is 0 Å². The molecule has 2 aromatic heterocycles. The summed E-state index contributed by atoms with van der Waals surface area (Å²) in [4.78, 5) is 8.18. The van der Waals surface area contributed by atoms with Crippen molar-refractivity contribution >= 4 is 45.8 Å². The van der Waals surface area contributed by atoms with Gasteiger partial charge in [0.25, 0.3) is 0 Å². The van der Waals surface area contributed by atoms with Gasteiger partial charge in [-0.25, -0.2) is 8.78 Å². The fourth-order valence-corrected chi connectivity index (χ4v) is 2.38. The summed E-state index contributed by atoms with van der Waals surface area (Å²) in [6.45, 7) is 0. The second kappa shape index (κ2) is 5.20. The van der Waals surface area contributed by atoms with Crippen LogP contribution < -0.4 is 5.32 Å². The lowest BCUT2D eigenvalue weighted by atomic mass is 10.2. The molecule has 0 fully saturated rings. The van der Waals surface area contributed by atoms with Crippen molar-refractivity contribution in [1.82, 2.24) is 9.97 Å². The first-order valence-electron chi connectivity index (χ1n) is 6.60. The van der Waals surface area contributed by atoms with E-state index < -0.39 is 11.6 Å². The molecule has 0 atom stereocenters. The van der Waals surface area contributed by atoms with E-state index in [-0.39, 0.29) is 23.1 Å². The third-order valence-electron chi connectivity index (χ3n) is 3.23. The molecule has 0 unspecified atom stereocenters. The predicted molar refractivity (Wildman–Crippen MR) is 80.8 cm³/mol. The topological polar surface area (TPSA) is 64.1 Å². The number of aromatic nitrogens is 2. The zero-order valence-electron chi connectivity index (χ0n) is 11.4. The van der Waals surface area contributed by atoms with Gasteiger partial charge in [0.15, 0.2) is 17.0 Å². The fourth-order valence-electron chi connectivity index (χ4n) is 2.21. The lowest BCUT2D eigenvalue weighted by Crippen LogP contribution is -1.89. The monoisotopic (exact) mass is 335 g/mol. The van der Waals surface area contributed by atoms with E-state index in [4.69, 9.17) is 20.4 Å². The number of nitrogens with zero attached hydrogens (tertiary/aromatic N) is 2. The molecular weight excluding hydrogens is 328 g/mol. The maximum absolute atomic E-state index is 13.6. The number of oxazole rings is 2. The predicted octanol–water partition coefficient (Wildman–Crippen LogP) is 4.73. The molecule has 0 aliphatic rings. The van der Waals surface area contributed by atoms with E-state index in [0.29, 0.717) is 17.0 Å². The van der Waals surface area contributed by atoms with Crippen LogP contribution in [-0.4, -0.2) is 9.97 Å². The Hall–Kier alpha value is -2.67. The van der Waals surface area contributed by atoms with E-state index in [1.165, 1.54) is 0 Å². The number of hydrogen-bond acceptors (Lipinski definition) is 5. The number of nitrogens with one attached hydrogen (secondary N) is 1. The zero-order chi connectivity index (χ0) is 16.0. The molecule has 0 bridgehead atoms. The minimum Gasteiger partial charge on any atom is -0.423 e. The summed E-state index contributed by atoms with van der Waals surface area (Å²) in [5, 5.41) is 2.69. The number of anilines is 2. The standard InChI is InChI=1S/C15H8ClF2N3O2/c16-6-7-1-2-12-10(3-7)19-14(22-12)21-15-20-11-5-8(17)4-9(18)13(11)23-15/h1-5H,6H2,(H,19,20,21). The molecule has 2 heterocycles. The average molecular weight is 336 g/mol. The van der Waals surface area contributed by atoms with Crippen molar-refractivity contribution in [3.8, 4) is 0 Å². The van der Waals surface area contributed by atoms with Gasteiger partial charge in [0, 0.05) is 18.0 Å². The first-order chi connectivity index (χ1) is 11.1. The Morgan fingerprint density at radius 2 is 1.78 bits per heavy atom. The Kier molecular flexibility index (Phi) is 3.16. The summed E-state index contributed by atoms with van der Waals surface area (Å²) in [6.07, 6.45) is 0. The molecule has 8 heteroatoms. The second-order valence-corrected chi connectivity index (χ2v) is 5.10. The molecule has 1 N–H and O–H groups in total. The lowest BCUT2D eigenvalue weighted by Gasteiger charge is -1.92. The van der Waals surface area contributed by atoms with Crippen molar-refractivity contribution in [2.24, 2.45) is 0 Å². The van der Waals surface area contributed by atoms with Crippen molar-refractivity contribution in [2.45, 2.75) is 5.88 Å². The molecule has 0 saturated carbocycles. The molecule has 4 aromatic rings. The van der Waals surface area contributed by atoms with Crippen molar-refractivity contribution in [1.29, 1.82) is 0 Å². The first kappa shape index (κ1) is 14.0. The molecule has 116 valence electrons. The van der Waals surface area contributed by atoms with E-state index in [2.05, 4.69) is 15.3 Å². The van der Waals surface area contributed by atoms with Gasteiger partial charge in [-0.1, -0.05) is 6.07 Å². The molecule has 2 aromatic carbocycles. The molecule has 0 amide bonds. The molecule has 4 rings (SSSR count). The van der Waals surface area contributed by atoms with E-state index in [0.717, 1.165) is 17.7 Å². The molecule has 0 aliphatic heterocycles. The summed E-state index contributed by atoms with van der Waals surface area (Å²) < 4.78 is 37.5. The van der Waals surface area contributed by atoms with Crippen molar-refractivity contribution in [2.75, 3.05) is 5.32 Å². The second-order valence-electron chi connectivity index (χ2n) is 4.83. The SMILES string of the molecule is Fc1cc(F)c2oc(Nc3nc4cc(CCl)ccc4o3)nc2c1. The smallest absolute Gasteiger partial charge is 0.304 e. The summed E-state index contributed by atoms with van der Waals surface area (Å²) in [5.41, 5.74) is 1.98. The number of halogens is 3. The van der Waals surface area contributed by atoms with Gasteiger partial charge in [0.1, 0.15) is 16.9 Å². The molecule has 0 radical (unpaired) electrons. The van der Waals surface area contributed by atoms with Crippen LogP contribution in [0.5, 0.6) is 0 Å². The lowest BCUT2D eigenvalue weighted by molar-refractivity contribution is 0.547. The van der Waals surface area contributed by atoms with Gasteiger partial charge in [-0.05, 0) is 17.7 Å². The van der Waals surface area contributed by atoms with Crippen LogP contribution in [0.15, 0.2) is 39.2 Å². The summed E-state index contributed by atoms with van der Waals surface area (Å²) >= 11 is 5.77. The van der Waals surface area contributed by atoms with Gasteiger partial charge in [0.05, 0.1) is 0 Å². The maximum atomic E-state index is 13.6. The number of hydrogen-bond donors (Lipinski definition) is 1. The third-order valence-corrected chi connectivity index (χ3v) is 3.54. The van der Waals surface area contributed by atoms with E-state index >= 15 is 0 Å². The van der Waals surface area contributed by atoms with Crippen LogP contribution in [0.3, 0.4) is 0 Å². The van der Waals surface area contributed by atoms with Crippen LogP contribution in [0.25, 0.3) is 22.2 Å². The third kappa shape index (κ3) is 2.49. The van der Waals surface area contributed by atoms with Crippen LogP contribution in [0.4, 0.5) is 20.8 Å². The highest BCUT2D eigenvalue weighted by atomic mass is 35.5. The van der Waals surface area contributed by atoms with Crippen molar-refractivity contribution < 1.29 is 17.6 Å². The molecular formula is C15H8ClF2N3O2. The van der Waals surface area contributed by atoms with Crippen LogP contribution in [-0.2, 0) is 5.88 Å². The molecule has 0 saturated heterocycles. The molecule has 0 spiro atoms. The highest BCUT2D eigenvalue weighted by molar-refractivity contribution is 6.17. The highest BCUT2D eigenvalue weighted by Crippen LogP contribution is 2.27. The molecule has 5 nitrogen and oxygen atoms in total. The normalized spacial score (nSPS) is 11.4. The minimum atomic E-state index is -0.829. The van der Waals surface area contributed by atoms with Crippen molar-refractivity contribution in [3.05, 3.63) is 47.5 Å². The highest BCUT2D eigenvalue weighted by Gasteiger charge is 2.14. The fraction of sp³-hybridized carbons (Fsp3) is 0.0667. The van der Waals surface area contributed by atoms with Crippen LogP contribution in [0.2, 0.25) is 0 Å². The molecule has 23 heavy (non-hydrogen) atoms. The van der Waals surface area contributed by atoms with Crippen molar-refractivity contribution in [3.63, 3.8) is 0 Å². The number of rotatable bonds is 3. The minimum absolute atomic E-state index is 0.0476. The summed E-state index contributed by atoms with van der Waals surface area (Å²) in [7, 11) is 0. The Morgan fingerprint density at radius 3 is 2.61 bits per heavy atom. The summed E-state index contributed by atoms with van der Waals surface area (Å²) in [5.74, 6) is -1.20. The average Bonchev–Trinajstić information content (AvgIpc) is 3.09. The largest absolute Gasteiger partial charge is 0.423 e. The Morgan fingerprint density at radius 1 is 1.00 bits per heavy atom. The Labute approximate surface area is 132 Å². The maximum Gasteiger partial charge on any atom is 0.304 e. The number of alkyl halides is 1. The molecule has 0 aliphatic carbocycles. The Balaban J connectivity index is 1.71. The van der Waals surface area contributed by atoms with E-state index in [1.807, 2.05) is 6.07 Å². The number of fused-ring (bicyclic) bond motifs is 2. The van der Waals surface area contributed by atoms with Gasteiger partial charge in [-0.15, -0.1) is 11.6 Å². The first-order valence-corrected chi connectivity index (χ1v) is 7.14. The van der Waals surface area contributed by atoms with Gasteiger partial charge < -0.3 is 8.83 Å². The van der Waals surface area contributed by atoms with Gasteiger partial charge >= 0.3 is 12.0 Å². The van der Waals surface area contributed by atoms with Crippen LogP contribution >= 0.6 is 11.6 Å². The number of benzene rings is 2. The summed E-state index contributed by atoms with van der Waals surface area (Å²) in [6, 6.07) is 7.23. The van der Waals surface area contributed by atoms with E-state index in [9.17, 15) is 8.78 Å². The van der Waals surface area contributed by atoms with E-state index in [1.54, 1.807) is 12.1 Å². The van der Waals surface area contributed by atoms with Gasteiger partial charge in [-0.2, -0.15) is 9.97 Å². The zero-order valence-corrected chi connectivity index (χ0v) is 12.2. The Bertz CT molecular complexity index is 1030. The quantitative estimate of drug-likeness (QED) is 0.548. The van der Waals surface area contributed by atoms with Crippen LogP contribution in [0, 0.1) is 11.6 Å².